The Hall–Kier alpha value is -0.610. The number of carboxylic acid groups (broad SMARTS) is 1. The summed E-state index contributed by atoms with van der Waals surface area (Å²) in [6, 6.07) is 0. The molecule has 17 heavy (non-hydrogen) atoms. The zero-order valence-corrected chi connectivity index (χ0v) is 9.97. The molecular weight excluding hydrogens is 220 g/mol. The van der Waals surface area contributed by atoms with Gasteiger partial charge >= 0.3 is 5.97 Å². The molecule has 0 amide bonds. The molecule has 0 aromatic carbocycles. The van der Waals surface area contributed by atoms with Crippen molar-refractivity contribution in [1.29, 1.82) is 0 Å². The molecule has 4 heteroatoms. The van der Waals surface area contributed by atoms with E-state index >= 15 is 0 Å². The molecule has 0 radical (unpaired) electrons. The monoisotopic (exact) mass is 240 g/mol. The molecule has 0 aromatic rings. The molecular formula is C13H20O4. The zero-order chi connectivity index (χ0) is 12.0. The Morgan fingerprint density at radius 1 is 1.24 bits per heavy atom. The summed E-state index contributed by atoms with van der Waals surface area (Å²) < 4.78 is 5.48. The van der Waals surface area contributed by atoms with E-state index < -0.39 is 11.4 Å². The lowest BCUT2D eigenvalue weighted by molar-refractivity contribution is -0.157. The lowest BCUT2D eigenvalue weighted by Crippen LogP contribution is -2.45. The Morgan fingerprint density at radius 2 is 2.06 bits per heavy atom. The number of carboxylic acids is 1. The smallest absolute Gasteiger partial charge is 0.310 e. The summed E-state index contributed by atoms with van der Waals surface area (Å²) in [7, 11) is 0. The van der Waals surface area contributed by atoms with Crippen LogP contribution in [0, 0.1) is 11.3 Å². The Labute approximate surface area is 101 Å². The van der Waals surface area contributed by atoms with Crippen molar-refractivity contribution >= 4 is 5.97 Å². The van der Waals surface area contributed by atoms with Crippen LogP contribution < -0.4 is 0 Å². The molecule has 2 aliphatic carbocycles. The van der Waals surface area contributed by atoms with E-state index in [4.69, 9.17) is 4.74 Å². The zero-order valence-electron chi connectivity index (χ0n) is 9.97. The number of aliphatic hydroxyl groups is 1. The van der Waals surface area contributed by atoms with Crippen molar-refractivity contribution in [2.45, 2.75) is 63.3 Å². The molecule has 0 bridgehead atoms. The maximum absolute atomic E-state index is 11.7. The van der Waals surface area contributed by atoms with Crippen molar-refractivity contribution in [2.75, 3.05) is 0 Å². The van der Waals surface area contributed by atoms with Crippen molar-refractivity contribution in [3.05, 3.63) is 0 Å². The van der Waals surface area contributed by atoms with E-state index in [0.29, 0.717) is 18.9 Å². The van der Waals surface area contributed by atoms with Gasteiger partial charge in [0.05, 0.1) is 23.7 Å². The summed E-state index contributed by atoms with van der Waals surface area (Å²) in [5, 5.41) is 19.4. The first kappa shape index (κ1) is 11.5. The quantitative estimate of drug-likeness (QED) is 0.719. The van der Waals surface area contributed by atoms with Crippen molar-refractivity contribution < 1.29 is 19.7 Å². The van der Waals surface area contributed by atoms with Gasteiger partial charge in [0.25, 0.3) is 0 Å². The number of hydrogen-bond acceptors (Lipinski definition) is 3. The average Bonchev–Trinajstić information content (AvgIpc) is 3.06. The normalized spacial score (nSPS) is 49.5. The minimum atomic E-state index is -0.675. The lowest BCUT2D eigenvalue weighted by Gasteiger charge is -2.41. The van der Waals surface area contributed by atoms with Gasteiger partial charge in [0.1, 0.15) is 0 Å². The van der Waals surface area contributed by atoms with E-state index in [1.165, 1.54) is 0 Å². The summed E-state index contributed by atoms with van der Waals surface area (Å²) >= 11 is 0. The number of aliphatic carboxylic acids is 1. The number of rotatable bonds is 2. The van der Waals surface area contributed by atoms with Crippen LogP contribution in [0.25, 0.3) is 0 Å². The van der Waals surface area contributed by atoms with Gasteiger partial charge in [-0.05, 0) is 44.4 Å². The second-order valence-electron chi connectivity index (χ2n) is 5.93. The molecule has 2 saturated carbocycles. The summed E-state index contributed by atoms with van der Waals surface area (Å²) in [6.07, 6.45) is 5.85. The minimum Gasteiger partial charge on any atom is -0.481 e. The fourth-order valence-corrected chi connectivity index (χ4v) is 3.88. The predicted molar refractivity (Wildman–Crippen MR) is 60.5 cm³/mol. The highest BCUT2D eigenvalue weighted by Crippen LogP contribution is 2.53. The molecule has 0 spiro atoms. The Balaban J connectivity index is 1.80. The van der Waals surface area contributed by atoms with Crippen LogP contribution >= 0.6 is 0 Å². The predicted octanol–water partition coefficient (Wildman–Crippen LogP) is 1.56. The van der Waals surface area contributed by atoms with Crippen LogP contribution in [0.5, 0.6) is 0 Å². The Bertz CT molecular complexity index is 329. The number of hydrogen-bond donors (Lipinski definition) is 2. The average molecular weight is 240 g/mol. The van der Waals surface area contributed by atoms with E-state index in [-0.39, 0.29) is 18.1 Å². The van der Waals surface area contributed by atoms with Gasteiger partial charge in [0.2, 0.25) is 0 Å². The highest BCUT2D eigenvalue weighted by atomic mass is 16.6. The molecule has 1 saturated heterocycles. The van der Waals surface area contributed by atoms with Crippen molar-refractivity contribution in [3.8, 4) is 0 Å². The van der Waals surface area contributed by atoms with Crippen LogP contribution in [0.2, 0.25) is 0 Å². The largest absolute Gasteiger partial charge is 0.481 e. The SMILES string of the molecule is O=C(O)C1(C2CCCC(O)C2)CCC2OC2C1. The third kappa shape index (κ3) is 1.87. The Morgan fingerprint density at radius 3 is 2.71 bits per heavy atom. The van der Waals surface area contributed by atoms with Gasteiger partial charge in [-0.15, -0.1) is 0 Å². The van der Waals surface area contributed by atoms with Gasteiger partial charge in [0, 0.05) is 0 Å². The Kier molecular flexibility index (Phi) is 2.67. The number of carbonyl (C=O) groups is 1. The van der Waals surface area contributed by atoms with Gasteiger partial charge < -0.3 is 14.9 Å². The molecule has 4 nitrogen and oxygen atoms in total. The molecule has 3 fully saturated rings. The van der Waals surface area contributed by atoms with Gasteiger partial charge in [-0.3, -0.25) is 4.79 Å². The first-order chi connectivity index (χ1) is 8.12. The molecule has 5 atom stereocenters. The van der Waals surface area contributed by atoms with Gasteiger partial charge in [-0.2, -0.15) is 0 Å². The summed E-state index contributed by atoms with van der Waals surface area (Å²) in [5.41, 5.74) is -0.626. The second kappa shape index (κ2) is 3.95. The molecule has 2 N–H and O–H groups in total. The van der Waals surface area contributed by atoms with E-state index in [2.05, 4.69) is 0 Å². The number of aliphatic hydroxyl groups excluding tert-OH is 1. The maximum Gasteiger partial charge on any atom is 0.310 e. The molecule has 96 valence electrons. The molecule has 5 unspecified atom stereocenters. The summed E-state index contributed by atoms with van der Waals surface area (Å²) in [5.74, 6) is -0.542. The van der Waals surface area contributed by atoms with Crippen LogP contribution in [-0.4, -0.2) is 34.5 Å². The molecule has 1 heterocycles. The second-order valence-corrected chi connectivity index (χ2v) is 5.93. The first-order valence-electron chi connectivity index (χ1n) is 6.69. The highest BCUT2D eigenvalue weighted by Gasteiger charge is 2.57. The fourth-order valence-electron chi connectivity index (χ4n) is 3.88. The molecule has 3 rings (SSSR count). The van der Waals surface area contributed by atoms with Crippen LogP contribution in [-0.2, 0) is 9.53 Å². The standard InChI is InChI=1S/C13H20O4/c14-9-3-1-2-8(6-9)13(12(15)16)5-4-10-11(7-13)17-10/h8-11,14H,1-7H2,(H,15,16). The first-order valence-corrected chi connectivity index (χ1v) is 6.69. The maximum atomic E-state index is 11.7. The van der Waals surface area contributed by atoms with E-state index in [0.717, 1.165) is 32.1 Å². The summed E-state index contributed by atoms with van der Waals surface area (Å²) in [6.45, 7) is 0. The minimum absolute atomic E-state index is 0.133. The van der Waals surface area contributed by atoms with Crippen LogP contribution in [0.15, 0.2) is 0 Å². The van der Waals surface area contributed by atoms with E-state index in [1.807, 2.05) is 0 Å². The number of ether oxygens (including phenoxy) is 1. The fraction of sp³-hybridized carbons (Fsp3) is 0.923. The van der Waals surface area contributed by atoms with Gasteiger partial charge in [-0.1, -0.05) is 6.42 Å². The van der Waals surface area contributed by atoms with Crippen molar-refractivity contribution in [2.24, 2.45) is 11.3 Å². The van der Waals surface area contributed by atoms with E-state index in [9.17, 15) is 15.0 Å². The topological polar surface area (TPSA) is 70.1 Å². The van der Waals surface area contributed by atoms with Crippen LogP contribution in [0.3, 0.4) is 0 Å². The van der Waals surface area contributed by atoms with Crippen LogP contribution in [0.1, 0.15) is 44.9 Å². The molecule has 0 aromatic heterocycles. The third-order valence-corrected chi connectivity index (χ3v) is 4.98. The summed E-state index contributed by atoms with van der Waals surface area (Å²) in [4.78, 5) is 11.7. The molecule has 1 aliphatic heterocycles. The van der Waals surface area contributed by atoms with E-state index in [1.54, 1.807) is 0 Å². The number of epoxide rings is 1. The third-order valence-electron chi connectivity index (χ3n) is 4.98. The lowest BCUT2D eigenvalue weighted by atomic mass is 9.61. The van der Waals surface area contributed by atoms with Crippen LogP contribution in [0.4, 0.5) is 0 Å². The van der Waals surface area contributed by atoms with Gasteiger partial charge in [-0.25, -0.2) is 0 Å². The van der Waals surface area contributed by atoms with Crippen molar-refractivity contribution in [1.82, 2.24) is 0 Å². The number of fused-ring (bicyclic) bond motifs is 1. The highest BCUT2D eigenvalue weighted by molar-refractivity contribution is 5.75. The van der Waals surface area contributed by atoms with Crippen molar-refractivity contribution in [3.63, 3.8) is 0 Å². The van der Waals surface area contributed by atoms with Gasteiger partial charge in [0.15, 0.2) is 0 Å². The molecule has 3 aliphatic rings.